The van der Waals surface area contributed by atoms with Gasteiger partial charge in [-0.05, 0) is 0 Å². The molecule has 0 rings (SSSR count). The fourth-order valence-corrected chi connectivity index (χ4v) is 0. The van der Waals surface area contributed by atoms with Crippen molar-refractivity contribution < 1.29 is 613 Å². The molecule has 56 heavy (non-hydrogen) atoms. The van der Waals surface area contributed by atoms with Crippen molar-refractivity contribution in [2.24, 2.45) is 0 Å². The quantitative estimate of drug-likeness (QED) is 0.123. The zero-order chi connectivity index (χ0) is 36.0. The van der Waals surface area contributed by atoms with E-state index in [-0.39, 0.29) is 473 Å². The van der Waals surface area contributed by atoms with Crippen molar-refractivity contribution in [1.29, 1.82) is 0 Å². The molecule has 0 heterocycles. The van der Waals surface area contributed by atoms with Gasteiger partial charge in [-0.1, -0.05) is 0 Å². The zero-order valence-corrected chi connectivity index (χ0v) is 70.9. The summed E-state index contributed by atoms with van der Waals surface area (Å²) >= 11 is 0. The SMILES string of the molecule is O=S(=O)([O-])[O-].O=S(=O)([O-])[O-].O=S(=O)([O-])[O-].O=S(=O)([O-])[O-].O=S(=O)([O-])[O-].O=S(=O)([O-])[O-].O=S(=O)([O-])[O-].O=S(=O)([O-])[O-].[Na+].[Na+].[Na+].[Na+].[Na+].[Na+].[Na+].[Na+].[Na+].[Na+].[Na+].[Na+].[Na+].[Na+].[Na+].[Na+]. The minimum absolute atomic E-state index is 0. The first kappa shape index (κ1) is 157. The first-order valence-corrected chi connectivity index (χ1v) is 16.0. The second-order valence-electron chi connectivity index (χ2n) is 3.27. The van der Waals surface area contributed by atoms with Crippen LogP contribution in [0.15, 0.2) is 0 Å². The van der Waals surface area contributed by atoms with E-state index in [0.29, 0.717) is 0 Å². The molecule has 32 nitrogen and oxygen atoms in total. The van der Waals surface area contributed by atoms with E-state index >= 15 is 0 Å². The van der Waals surface area contributed by atoms with Gasteiger partial charge in [-0.25, -0.2) is 0 Å². The second kappa shape index (κ2) is 83.9. The van der Waals surface area contributed by atoms with Crippen LogP contribution in [0.1, 0.15) is 0 Å². The third-order valence-electron chi connectivity index (χ3n) is 0. The Hall–Kier alpha value is 15.0. The third kappa shape index (κ3) is 1420. The van der Waals surface area contributed by atoms with Gasteiger partial charge in [-0.15, -0.1) is 0 Å². The maximum absolute atomic E-state index is 8.52. The maximum Gasteiger partial charge on any atom is 1.00 e. The average Bonchev–Trinajstić information content (AvgIpc) is 2.16. The Balaban J connectivity index is -0.00000000913. The molecular formula is Na16O32S8. The Labute approximate surface area is 677 Å². The Morgan fingerprint density at radius 1 is 0.125 bits per heavy atom. The number of hydrogen-bond acceptors (Lipinski definition) is 32. The van der Waals surface area contributed by atoms with Crippen molar-refractivity contribution in [3.05, 3.63) is 0 Å². The Morgan fingerprint density at radius 2 is 0.125 bits per heavy atom. The van der Waals surface area contributed by atoms with E-state index < -0.39 is 83.2 Å². The van der Waals surface area contributed by atoms with E-state index in [2.05, 4.69) is 0 Å². The second-order valence-corrected chi connectivity index (χ2v) is 9.80. The van der Waals surface area contributed by atoms with Crippen LogP contribution in [0, 0.1) is 0 Å². The monoisotopic (exact) mass is 1140 g/mol. The normalized spacial score (nSPS) is 8.29. The van der Waals surface area contributed by atoms with Crippen molar-refractivity contribution in [1.82, 2.24) is 0 Å². The van der Waals surface area contributed by atoms with Crippen molar-refractivity contribution in [3.8, 4) is 0 Å². The predicted molar refractivity (Wildman–Crippen MR) is 83.8 cm³/mol. The Kier molecular flexibility index (Phi) is 236. The molecule has 0 N–H and O–H groups in total. The van der Waals surface area contributed by atoms with E-state index in [1.807, 2.05) is 0 Å². The van der Waals surface area contributed by atoms with Gasteiger partial charge in [0, 0.05) is 83.2 Å². The maximum atomic E-state index is 8.52. The largest absolute Gasteiger partial charge is 1.00 e. The van der Waals surface area contributed by atoms with Gasteiger partial charge < -0.3 is 72.8 Å². The molecule has 0 saturated carbocycles. The van der Waals surface area contributed by atoms with E-state index in [1.54, 1.807) is 0 Å². The van der Waals surface area contributed by atoms with Crippen LogP contribution in [0.25, 0.3) is 0 Å². The van der Waals surface area contributed by atoms with E-state index in [1.165, 1.54) is 0 Å². The van der Waals surface area contributed by atoms with Crippen LogP contribution in [0.2, 0.25) is 0 Å². The van der Waals surface area contributed by atoms with Gasteiger partial charge in [0.2, 0.25) is 0 Å². The molecule has 0 bridgehead atoms. The standard InChI is InChI=1S/16Na.8H2O4S/c;;;;;;;;;;;;;;;;8*1-5(2,3)4/h;;;;;;;;;;;;;;;;8*(H2,1,2,3,4)/q16*+1;;;;;;;;/p-16. The van der Waals surface area contributed by atoms with Crippen LogP contribution < -0.4 is 473 Å². The molecule has 0 aromatic carbocycles. The van der Waals surface area contributed by atoms with E-state index in [0.717, 1.165) is 0 Å². The molecule has 0 aliphatic carbocycles. The number of rotatable bonds is 0. The minimum Gasteiger partial charge on any atom is -0.759 e. The molecule has 0 saturated heterocycles. The molecule has 0 spiro atoms. The summed E-state index contributed by atoms with van der Waals surface area (Å²) in [7, 11) is -41.3. The van der Waals surface area contributed by atoms with E-state index in [4.69, 9.17) is 140 Å². The van der Waals surface area contributed by atoms with Crippen LogP contribution in [0.5, 0.6) is 0 Å². The smallest absolute Gasteiger partial charge is 0.759 e. The summed E-state index contributed by atoms with van der Waals surface area (Å²) in [5.74, 6) is 0. The topological polar surface area (TPSA) is 642 Å². The molecule has 0 unspecified atom stereocenters. The van der Waals surface area contributed by atoms with Gasteiger partial charge in [-0.2, -0.15) is 0 Å². The van der Waals surface area contributed by atoms with Crippen LogP contribution >= 0.6 is 0 Å². The van der Waals surface area contributed by atoms with Gasteiger partial charge in [0.15, 0.2) is 0 Å². The zero-order valence-electron chi connectivity index (χ0n) is 32.3. The molecule has 256 valence electrons. The van der Waals surface area contributed by atoms with Gasteiger partial charge in [-0.3, -0.25) is 67.3 Å². The molecule has 0 aromatic heterocycles. The minimum atomic E-state index is -5.17. The van der Waals surface area contributed by atoms with Crippen LogP contribution in [0.4, 0.5) is 0 Å². The molecular weight excluding hydrogens is 1140 g/mol. The Morgan fingerprint density at radius 3 is 0.125 bits per heavy atom. The molecule has 0 aromatic rings. The molecule has 0 atom stereocenters. The summed E-state index contributed by atoms with van der Waals surface area (Å²) in [5, 5.41) is 0. The van der Waals surface area contributed by atoms with Crippen LogP contribution in [0.3, 0.4) is 0 Å². The van der Waals surface area contributed by atoms with Crippen LogP contribution in [-0.4, -0.2) is 140 Å². The van der Waals surface area contributed by atoms with Crippen molar-refractivity contribution in [2.45, 2.75) is 0 Å². The van der Waals surface area contributed by atoms with Crippen molar-refractivity contribution in [3.63, 3.8) is 0 Å². The fraction of sp³-hybridized carbons (Fsp3) is 0. The summed E-state index contributed by atoms with van der Waals surface area (Å²) in [5.41, 5.74) is 0. The van der Waals surface area contributed by atoms with Crippen molar-refractivity contribution >= 4 is 83.2 Å². The Bertz CT molecular complexity index is 1100. The summed E-state index contributed by atoms with van der Waals surface area (Å²) in [6.07, 6.45) is 0. The predicted octanol–water partition coefficient (Wildman–Crippen LogP) is -58.6. The summed E-state index contributed by atoms with van der Waals surface area (Å²) in [4.78, 5) is 0. The number of hydrogen-bond donors (Lipinski definition) is 0. The molecule has 0 aliphatic rings. The molecule has 0 fully saturated rings. The van der Waals surface area contributed by atoms with Gasteiger partial charge in [0.1, 0.15) is 0 Å². The van der Waals surface area contributed by atoms with Gasteiger partial charge in [0.05, 0.1) is 0 Å². The summed E-state index contributed by atoms with van der Waals surface area (Å²) in [6.45, 7) is 0. The molecule has 56 heteroatoms. The molecule has 0 aliphatic heterocycles. The first-order valence-electron chi connectivity index (χ1n) is 5.33. The third-order valence-corrected chi connectivity index (χ3v) is 0. The average molecular weight is 1140 g/mol. The van der Waals surface area contributed by atoms with Gasteiger partial charge in [0.25, 0.3) is 0 Å². The molecule has 0 radical (unpaired) electrons. The molecule has 0 amide bonds. The van der Waals surface area contributed by atoms with E-state index in [9.17, 15) is 0 Å². The van der Waals surface area contributed by atoms with Crippen molar-refractivity contribution in [2.75, 3.05) is 0 Å². The van der Waals surface area contributed by atoms with Gasteiger partial charge >= 0.3 is 473 Å². The summed E-state index contributed by atoms with van der Waals surface area (Å²) in [6, 6.07) is 0. The fourth-order valence-electron chi connectivity index (χ4n) is 0. The first-order chi connectivity index (χ1) is 16.0. The summed E-state index contributed by atoms with van der Waals surface area (Å²) < 4.78 is 273. The van der Waals surface area contributed by atoms with Crippen LogP contribution in [-0.2, 0) is 83.2 Å².